The normalized spacial score (nSPS) is 11.5. The van der Waals surface area contributed by atoms with Crippen LogP contribution in [-0.2, 0) is 4.79 Å². The van der Waals surface area contributed by atoms with Gasteiger partial charge in [-0.05, 0) is 44.9 Å². The van der Waals surface area contributed by atoms with Crippen LogP contribution in [0.25, 0.3) is 0 Å². The van der Waals surface area contributed by atoms with Gasteiger partial charge in [0.05, 0.1) is 10.5 Å². The minimum Gasteiger partial charge on any atom is -0.480 e. The highest BCUT2D eigenvalue weighted by molar-refractivity contribution is 5.95. The average molecular weight is 356 g/mol. The Labute approximate surface area is 151 Å². The van der Waals surface area contributed by atoms with E-state index in [1.54, 1.807) is 6.92 Å². The van der Waals surface area contributed by atoms with E-state index in [0.717, 1.165) is 28.4 Å². The Morgan fingerprint density at radius 1 is 1.19 bits per heavy atom. The number of nitrogens with zero attached hydrogens (tertiary/aromatic N) is 1. The third-order valence-electron chi connectivity index (χ3n) is 3.93. The maximum Gasteiger partial charge on any atom is 0.270 e. The van der Waals surface area contributed by atoms with Gasteiger partial charge >= 0.3 is 0 Å². The minimum absolute atomic E-state index is 0.0153. The largest absolute Gasteiger partial charge is 0.480 e. The Bertz CT molecular complexity index is 853. The number of anilines is 1. The van der Waals surface area contributed by atoms with Crippen LogP contribution < -0.4 is 10.1 Å². The summed E-state index contributed by atoms with van der Waals surface area (Å²) in [5, 5.41) is 13.6. The number of nitro groups is 1. The van der Waals surface area contributed by atoms with E-state index in [-0.39, 0.29) is 22.9 Å². The van der Waals surface area contributed by atoms with Gasteiger partial charge in [-0.15, -0.1) is 0 Å². The Balaban J connectivity index is 2.17. The number of rotatable bonds is 6. The SMILES string of the molecule is Cc1cc(C)c(NC(=O)[C@H](C)Oc2ccc([N+](=O)[O-])cc2C=O)c(C)c1. The van der Waals surface area contributed by atoms with Crippen molar-refractivity contribution < 1.29 is 19.2 Å². The molecule has 2 aromatic rings. The van der Waals surface area contributed by atoms with E-state index >= 15 is 0 Å². The maximum atomic E-state index is 12.4. The Morgan fingerprint density at radius 2 is 1.81 bits per heavy atom. The molecule has 1 atom stereocenters. The summed E-state index contributed by atoms with van der Waals surface area (Å²) in [6.07, 6.45) is -0.434. The smallest absolute Gasteiger partial charge is 0.270 e. The molecule has 0 saturated heterocycles. The van der Waals surface area contributed by atoms with Crippen LogP contribution in [0.5, 0.6) is 5.75 Å². The summed E-state index contributed by atoms with van der Waals surface area (Å²) in [5.41, 5.74) is 3.49. The molecule has 0 fully saturated rings. The number of carbonyl (C=O) groups is 2. The van der Waals surface area contributed by atoms with Crippen molar-refractivity contribution in [2.24, 2.45) is 0 Å². The van der Waals surface area contributed by atoms with Crippen molar-refractivity contribution >= 4 is 23.6 Å². The molecule has 7 nitrogen and oxygen atoms in total. The highest BCUT2D eigenvalue weighted by Gasteiger charge is 2.19. The Kier molecular flexibility index (Phi) is 5.71. The molecule has 0 aromatic heterocycles. The molecule has 0 radical (unpaired) electrons. The first-order valence-corrected chi connectivity index (χ1v) is 8.02. The predicted octanol–water partition coefficient (Wildman–Crippen LogP) is 3.74. The molecule has 1 N–H and O–H groups in total. The van der Waals surface area contributed by atoms with Crippen LogP contribution in [0.4, 0.5) is 11.4 Å². The van der Waals surface area contributed by atoms with Crippen molar-refractivity contribution in [3.8, 4) is 5.75 Å². The van der Waals surface area contributed by atoms with Gasteiger partial charge in [0.1, 0.15) is 5.75 Å². The minimum atomic E-state index is -0.893. The standard InChI is InChI=1S/C19H20N2O5/c1-11-7-12(2)18(13(3)8-11)20-19(23)14(4)26-17-6-5-16(21(24)25)9-15(17)10-22/h5-10,14H,1-4H3,(H,20,23)/t14-/m0/s1. The molecule has 0 spiro atoms. The molecule has 0 aliphatic heterocycles. The molecule has 1 amide bonds. The molecule has 0 bridgehead atoms. The predicted molar refractivity (Wildman–Crippen MR) is 97.9 cm³/mol. The van der Waals surface area contributed by atoms with E-state index < -0.39 is 11.0 Å². The third kappa shape index (κ3) is 4.24. The molecule has 136 valence electrons. The first-order chi connectivity index (χ1) is 12.2. The number of ether oxygens (including phenoxy) is 1. The number of carbonyl (C=O) groups excluding carboxylic acids is 2. The van der Waals surface area contributed by atoms with Gasteiger partial charge in [0, 0.05) is 17.8 Å². The fourth-order valence-corrected chi connectivity index (χ4v) is 2.69. The van der Waals surface area contributed by atoms with Crippen molar-refractivity contribution in [1.82, 2.24) is 0 Å². The van der Waals surface area contributed by atoms with E-state index in [1.807, 2.05) is 32.9 Å². The second-order valence-electron chi connectivity index (χ2n) is 6.12. The average Bonchev–Trinajstić information content (AvgIpc) is 2.57. The summed E-state index contributed by atoms with van der Waals surface area (Å²) in [4.78, 5) is 33.8. The maximum absolute atomic E-state index is 12.4. The molecule has 26 heavy (non-hydrogen) atoms. The van der Waals surface area contributed by atoms with Crippen molar-refractivity contribution in [3.63, 3.8) is 0 Å². The number of hydrogen-bond donors (Lipinski definition) is 1. The number of aldehydes is 1. The molecule has 0 aliphatic carbocycles. The molecule has 0 heterocycles. The number of benzene rings is 2. The molecule has 0 aliphatic rings. The molecule has 7 heteroatoms. The summed E-state index contributed by atoms with van der Waals surface area (Å²) >= 11 is 0. The summed E-state index contributed by atoms with van der Waals surface area (Å²) < 4.78 is 5.54. The van der Waals surface area contributed by atoms with E-state index in [1.165, 1.54) is 12.1 Å². The summed E-state index contributed by atoms with van der Waals surface area (Å²) in [6, 6.07) is 7.58. The van der Waals surface area contributed by atoms with Gasteiger partial charge in [-0.25, -0.2) is 0 Å². The first-order valence-electron chi connectivity index (χ1n) is 8.02. The number of nitrogens with one attached hydrogen (secondary N) is 1. The van der Waals surface area contributed by atoms with Gasteiger partial charge in [0.25, 0.3) is 11.6 Å². The topological polar surface area (TPSA) is 98.5 Å². The zero-order valence-corrected chi connectivity index (χ0v) is 15.0. The van der Waals surface area contributed by atoms with Gasteiger partial charge in [0.15, 0.2) is 12.4 Å². The van der Waals surface area contributed by atoms with Gasteiger partial charge in [-0.2, -0.15) is 0 Å². The number of nitro benzene ring substituents is 1. The molecule has 2 aromatic carbocycles. The molecule has 0 saturated carbocycles. The van der Waals surface area contributed by atoms with Crippen molar-refractivity contribution in [3.05, 3.63) is 62.7 Å². The lowest BCUT2D eigenvalue weighted by molar-refractivity contribution is -0.384. The van der Waals surface area contributed by atoms with E-state index in [9.17, 15) is 19.7 Å². The fraction of sp³-hybridized carbons (Fsp3) is 0.263. The van der Waals surface area contributed by atoms with Crippen LogP contribution in [0, 0.1) is 30.9 Å². The van der Waals surface area contributed by atoms with Crippen LogP contribution in [0.3, 0.4) is 0 Å². The molecular formula is C19H20N2O5. The number of non-ortho nitro benzene ring substituents is 1. The summed E-state index contributed by atoms with van der Waals surface area (Å²) in [6.45, 7) is 7.33. The third-order valence-corrected chi connectivity index (χ3v) is 3.93. The molecular weight excluding hydrogens is 336 g/mol. The number of hydrogen-bond acceptors (Lipinski definition) is 5. The van der Waals surface area contributed by atoms with Gasteiger partial charge in [-0.3, -0.25) is 19.7 Å². The van der Waals surface area contributed by atoms with Crippen LogP contribution in [0.1, 0.15) is 34.0 Å². The monoisotopic (exact) mass is 356 g/mol. The highest BCUT2D eigenvalue weighted by Crippen LogP contribution is 2.25. The zero-order chi connectivity index (χ0) is 19.4. The van der Waals surface area contributed by atoms with E-state index in [0.29, 0.717) is 6.29 Å². The first kappa shape index (κ1) is 19.1. The number of amides is 1. The summed E-state index contributed by atoms with van der Waals surface area (Å²) in [7, 11) is 0. The summed E-state index contributed by atoms with van der Waals surface area (Å²) in [5.74, 6) is -0.263. The number of aryl methyl sites for hydroxylation is 3. The van der Waals surface area contributed by atoms with Crippen molar-refractivity contribution in [1.29, 1.82) is 0 Å². The lowest BCUT2D eigenvalue weighted by Crippen LogP contribution is -2.31. The Morgan fingerprint density at radius 3 is 2.35 bits per heavy atom. The highest BCUT2D eigenvalue weighted by atomic mass is 16.6. The van der Waals surface area contributed by atoms with Gasteiger partial charge < -0.3 is 10.1 Å². The van der Waals surface area contributed by atoms with Crippen molar-refractivity contribution in [2.75, 3.05) is 5.32 Å². The molecule has 0 unspecified atom stereocenters. The van der Waals surface area contributed by atoms with Crippen molar-refractivity contribution in [2.45, 2.75) is 33.8 Å². The second kappa shape index (κ2) is 7.77. The van der Waals surface area contributed by atoms with Gasteiger partial charge in [0.2, 0.25) is 0 Å². The van der Waals surface area contributed by atoms with E-state index in [2.05, 4.69) is 5.32 Å². The Hall–Kier alpha value is -3.22. The van der Waals surface area contributed by atoms with E-state index in [4.69, 9.17) is 4.74 Å². The molecule has 2 rings (SSSR count). The zero-order valence-electron chi connectivity index (χ0n) is 15.0. The van der Waals surface area contributed by atoms with Crippen LogP contribution in [-0.4, -0.2) is 23.2 Å². The second-order valence-corrected chi connectivity index (χ2v) is 6.12. The van der Waals surface area contributed by atoms with Gasteiger partial charge in [-0.1, -0.05) is 17.7 Å². The van der Waals surface area contributed by atoms with Crippen LogP contribution >= 0.6 is 0 Å². The lowest BCUT2D eigenvalue weighted by atomic mass is 10.0. The lowest BCUT2D eigenvalue weighted by Gasteiger charge is -2.18. The van der Waals surface area contributed by atoms with Crippen LogP contribution in [0.2, 0.25) is 0 Å². The fourth-order valence-electron chi connectivity index (χ4n) is 2.69. The van der Waals surface area contributed by atoms with Crippen LogP contribution in [0.15, 0.2) is 30.3 Å². The quantitative estimate of drug-likeness (QED) is 0.483.